The number of amides is 1. The van der Waals surface area contributed by atoms with Gasteiger partial charge in [0.1, 0.15) is 11.6 Å². The first-order chi connectivity index (χ1) is 14.8. The van der Waals surface area contributed by atoms with Crippen molar-refractivity contribution < 1.29 is 18.0 Å². The van der Waals surface area contributed by atoms with E-state index in [9.17, 15) is 23.2 Å². The average Bonchev–Trinajstić information content (AvgIpc) is 2.75. The van der Waals surface area contributed by atoms with Crippen molar-refractivity contribution in [2.24, 2.45) is 5.92 Å². The first-order valence-electron chi connectivity index (χ1n) is 9.84. The number of nitrogens with one attached hydrogen (secondary N) is 1. The van der Waals surface area contributed by atoms with Crippen LogP contribution in [0, 0.1) is 17.2 Å². The average molecular weight is 448 g/mol. The van der Waals surface area contributed by atoms with Crippen LogP contribution in [0.15, 0.2) is 60.3 Å². The van der Waals surface area contributed by atoms with Crippen molar-refractivity contribution in [3.63, 3.8) is 0 Å². The minimum Gasteiger partial charge on any atom is -0.360 e. The number of nitrogens with zero attached hydrogens (tertiary/aromatic N) is 2. The van der Waals surface area contributed by atoms with Crippen molar-refractivity contribution in [1.82, 2.24) is 4.90 Å². The number of benzene rings is 2. The molecule has 0 spiro atoms. The molecule has 2 aromatic carbocycles. The van der Waals surface area contributed by atoms with Gasteiger partial charge >= 0.3 is 6.18 Å². The van der Waals surface area contributed by atoms with Crippen molar-refractivity contribution in [3.8, 4) is 6.07 Å². The first kappa shape index (κ1) is 22.7. The van der Waals surface area contributed by atoms with Gasteiger partial charge in [0.05, 0.1) is 11.3 Å². The number of likely N-dealkylation sites (tertiary alicyclic amines) is 1. The van der Waals surface area contributed by atoms with Crippen LogP contribution in [0.25, 0.3) is 0 Å². The van der Waals surface area contributed by atoms with Gasteiger partial charge in [-0.25, -0.2) is 0 Å². The summed E-state index contributed by atoms with van der Waals surface area (Å²) in [6.07, 6.45) is -1.05. The fourth-order valence-electron chi connectivity index (χ4n) is 3.63. The van der Waals surface area contributed by atoms with E-state index in [1.165, 1.54) is 11.6 Å². The van der Waals surface area contributed by atoms with Crippen LogP contribution < -0.4 is 5.32 Å². The van der Waals surface area contributed by atoms with E-state index in [1.807, 2.05) is 18.2 Å². The lowest BCUT2D eigenvalue weighted by atomic mass is 9.90. The van der Waals surface area contributed by atoms with Crippen molar-refractivity contribution in [3.05, 3.63) is 76.5 Å². The molecule has 3 rings (SSSR count). The fraction of sp³-hybridized carbons (Fsp3) is 0.304. The number of nitriles is 1. The zero-order chi connectivity index (χ0) is 22.4. The molecule has 8 heteroatoms. The van der Waals surface area contributed by atoms with E-state index in [0.29, 0.717) is 19.0 Å². The predicted octanol–water partition coefficient (Wildman–Crippen LogP) is 5.66. The molecular formula is C23H21ClF3N3O. The van der Waals surface area contributed by atoms with E-state index in [4.69, 9.17) is 11.6 Å². The predicted molar refractivity (Wildman–Crippen MR) is 113 cm³/mol. The maximum atomic E-state index is 13.2. The summed E-state index contributed by atoms with van der Waals surface area (Å²) in [7, 11) is 0. The Balaban J connectivity index is 1.64. The number of carbonyl (C=O) groups is 1. The van der Waals surface area contributed by atoms with E-state index in [2.05, 4.69) is 17.4 Å². The fourth-order valence-corrected chi connectivity index (χ4v) is 3.80. The molecule has 0 aliphatic carbocycles. The highest BCUT2D eigenvalue weighted by Gasteiger charge is 2.34. The van der Waals surface area contributed by atoms with Crippen molar-refractivity contribution >= 4 is 23.2 Å². The van der Waals surface area contributed by atoms with Crippen LogP contribution in [0.3, 0.4) is 0 Å². The van der Waals surface area contributed by atoms with Gasteiger partial charge in [-0.15, -0.1) is 0 Å². The van der Waals surface area contributed by atoms with E-state index in [-0.39, 0.29) is 16.3 Å². The number of alkyl halides is 3. The van der Waals surface area contributed by atoms with Gasteiger partial charge < -0.3 is 10.2 Å². The van der Waals surface area contributed by atoms with Crippen LogP contribution in [0.5, 0.6) is 0 Å². The smallest absolute Gasteiger partial charge is 0.360 e. The summed E-state index contributed by atoms with van der Waals surface area (Å²) in [5.41, 5.74) is -0.246. The van der Waals surface area contributed by atoms with Gasteiger partial charge in [0, 0.05) is 24.3 Å². The zero-order valence-corrected chi connectivity index (χ0v) is 17.4. The highest BCUT2D eigenvalue weighted by molar-refractivity contribution is 6.30. The third kappa shape index (κ3) is 6.02. The number of carbonyl (C=O) groups excluding carboxylic acids is 1. The lowest BCUT2D eigenvalue weighted by Gasteiger charge is -2.32. The lowest BCUT2D eigenvalue weighted by Crippen LogP contribution is -2.39. The second kappa shape index (κ2) is 9.88. The molecule has 2 aromatic rings. The summed E-state index contributed by atoms with van der Waals surface area (Å²) in [6, 6.07) is 15.2. The molecule has 1 aliphatic rings. The van der Waals surface area contributed by atoms with Gasteiger partial charge in [0.2, 0.25) is 0 Å². The van der Waals surface area contributed by atoms with Crippen LogP contribution in [0.2, 0.25) is 5.02 Å². The van der Waals surface area contributed by atoms with Crippen LogP contribution in [-0.4, -0.2) is 23.9 Å². The Morgan fingerprint density at radius 2 is 1.87 bits per heavy atom. The molecule has 0 unspecified atom stereocenters. The zero-order valence-electron chi connectivity index (χ0n) is 16.6. The molecule has 162 valence electrons. The molecule has 1 saturated heterocycles. The Morgan fingerprint density at radius 3 is 2.48 bits per heavy atom. The van der Waals surface area contributed by atoms with Gasteiger partial charge in [-0.05, 0) is 48.9 Å². The summed E-state index contributed by atoms with van der Waals surface area (Å²) in [5, 5.41) is 11.8. The molecule has 4 nitrogen and oxygen atoms in total. The summed E-state index contributed by atoms with van der Waals surface area (Å²) < 4.78 is 39.7. The number of anilines is 1. The molecule has 0 saturated carbocycles. The van der Waals surface area contributed by atoms with E-state index in [1.54, 1.807) is 11.0 Å². The summed E-state index contributed by atoms with van der Waals surface area (Å²) >= 11 is 5.67. The van der Waals surface area contributed by atoms with Crippen LogP contribution in [0.1, 0.15) is 24.0 Å². The van der Waals surface area contributed by atoms with Crippen molar-refractivity contribution in [1.29, 1.82) is 5.26 Å². The van der Waals surface area contributed by atoms with E-state index < -0.39 is 17.6 Å². The Hall–Kier alpha value is -2.98. The normalized spacial score (nSPS) is 15.5. The Morgan fingerprint density at radius 1 is 1.19 bits per heavy atom. The molecular weight excluding hydrogens is 427 g/mol. The summed E-state index contributed by atoms with van der Waals surface area (Å²) in [6.45, 7) is 1.01. The molecule has 0 aromatic heterocycles. The van der Waals surface area contributed by atoms with Gasteiger partial charge in [-0.3, -0.25) is 4.79 Å². The van der Waals surface area contributed by atoms with Crippen LogP contribution >= 0.6 is 11.6 Å². The molecule has 0 bridgehead atoms. The standard InChI is InChI=1S/C23H21ClF3N3O/c24-19-6-7-21(20(13-19)23(25,26)27)29-15-18(14-28)22(31)30-10-8-17(9-11-30)12-16-4-2-1-3-5-16/h1-7,13,15,17,29H,8-12H2/b18-15-. The number of halogens is 4. The Bertz CT molecular complexity index is 991. The van der Waals surface area contributed by atoms with Gasteiger partial charge in [0.15, 0.2) is 0 Å². The molecule has 1 fully saturated rings. The van der Waals surface area contributed by atoms with Crippen molar-refractivity contribution in [2.45, 2.75) is 25.4 Å². The molecule has 0 radical (unpaired) electrons. The first-order valence-corrected chi connectivity index (χ1v) is 10.2. The molecule has 0 atom stereocenters. The van der Waals surface area contributed by atoms with Crippen molar-refractivity contribution in [2.75, 3.05) is 18.4 Å². The van der Waals surface area contributed by atoms with Crippen LogP contribution in [0.4, 0.5) is 18.9 Å². The minimum atomic E-state index is -4.63. The number of hydrogen-bond acceptors (Lipinski definition) is 3. The summed E-state index contributed by atoms with van der Waals surface area (Å²) in [4.78, 5) is 14.3. The topological polar surface area (TPSA) is 56.1 Å². The Kier molecular flexibility index (Phi) is 7.24. The largest absolute Gasteiger partial charge is 0.418 e. The molecule has 1 N–H and O–H groups in total. The SMILES string of the molecule is N#C/C(=C/Nc1ccc(Cl)cc1C(F)(F)F)C(=O)N1CCC(Cc2ccccc2)CC1. The monoisotopic (exact) mass is 447 g/mol. The third-order valence-corrected chi connectivity index (χ3v) is 5.51. The number of hydrogen-bond donors (Lipinski definition) is 1. The van der Waals surface area contributed by atoms with E-state index >= 15 is 0 Å². The molecule has 31 heavy (non-hydrogen) atoms. The Labute approximate surface area is 183 Å². The highest BCUT2D eigenvalue weighted by atomic mass is 35.5. The minimum absolute atomic E-state index is 0.0585. The van der Waals surface area contributed by atoms with Gasteiger partial charge in [-0.2, -0.15) is 18.4 Å². The number of rotatable bonds is 5. The molecule has 1 amide bonds. The molecule has 1 heterocycles. The van der Waals surface area contributed by atoms with E-state index in [0.717, 1.165) is 37.6 Å². The quantitative estimate of drug-likeness (QED) is 0.475. The maximum absolute atomic E-state index is 13.2. The van der Waals surface area contributed by atoms with Gasteiger partial charge in [0.25, 0.3) is 5.91 Å². The summed E-state index contributed by atoms with van der Waals surface area (Å²) in [5.74, 6) is -0.0433. The lowest BCUT2D eigenvalue weighted by molar-refractivity contribution is -0.137. The van der Waals surface area contributed by atoms with Crippen LogP contribution in [-0.2, 0) is 17.4 Å². The number of piperidine rings is 1. The molecule has 1 aliphatic heterocycles. The van der Waals surface area contributed by atoms with Gasteiger partial charge in [-0.1, -0.05) is 41.9 Å². The second-order valence-corrected chi connectivity index (χ2v) is 7.86. The third-order valence-electron chi connectivity index (χ3n) is 5.28. The highest BCUT2D eigenvalue weighted by Crippen LogP contribution is 2.36. The second-order valence-electron chi connectivity index (χ2n) is 7.43. The maximum Gasteiger partial charge on any atom is 0.418 e.